The predicted molar refractivity (Wildman–Crippen MR) is 99.6 cm³/mol. The van der Waals surface area contributed by atoms with Gasteiger partial charge in [-0.15, -0.1) is 0 Å². The third-order valence-electron chi connectivity index (χ3n) is 5.47. The average molecular weight is 387 g/mol. The summed E-state index contributed by atoms with van der Waals surface area (Å²) in [7, 11) is 3.13. The molecular weight excluding hydrogens is 362 g/mol. The molecule has 2 fully saturated rings. The first-order valence-electron chi connectivity index (χ1n) is 9.65. The van der Waals surface area contributed by atoms with Gasteiger partial charge < -0.3 is 23.6 Å². The molecule has 2 aliphatic heterocycles. The highest BCUT2D eigenvalue weighted by molar-refractivity contribution is 5.95. The largest absolute Gasteiger partial charge is 0.493 e. The number of carbonyl (C=O) groups excluding carboxylic acids is 1. The minimum absolute atomic E-state index is 0.0748. The summed E-state index contributed by atoms with van der Waals surface area (Å²) in [5, 5.41) is 4.18. The lowest BCUT2D eigenvalue weighted by Crippen LogP contribution is -2.30. The number of rotatable bonds is 5. The molecule has 8 heteroatoms. The molecule has 4 rings (SSSR count). The molecule has 0 radical (unpaired) electrons. The summed E-state index contributed by atoms with van der Waals surface area (Å²) in [5.41, 5.74) is 0.550. The van der Waals surface area contributed by atoms with Crippen LogP contribution in [0.2, 0.25) is 0 Å². The molecule has 2 aliphatic rings. The standard InChI is InChI=1S/C20H25N3O5/c1-25-16-6-5-14(12-17(16)26-2)20(24)23-9-3-4-15(23)19-21-18(22-28-19)13-7-10-27-11-8-13/h5-6,12-13,15H,3-4,7-11H2,1-2H3. The zero-order valence-electron chi connectivity index (χ0n) is 16.2. The van der Waals surface area contributed by atoms with Crippen LogP contribution in [0.3, 0.4) is 0 Å². The second-order valence-electron chi connectivity index (χ2n) is 7.10. The summed E-state index contributed by atoms with van der Waals surface area (Å²) in [5.74, 6) is 2.56. The molecule has 0 aliphatic carbocycles. The number of carbonyl (C=O) groups is 1. The number of aromatic nitrogens is 2. The molecule has 0 N–H and O–H groups in total. The fourth-order valence-electron chi connectivity index (χ4n) is 3.91. The van der Waals surface area contributed by atoms with Crippen molar-refractivity contribution in [2.24, 2.45) is 0 Å². The van der Waals surface area contributed by atoms with Crippen LogP contribution in [0.15, 0.2) is 22.7 Å². The summed E-state index contributed by atoms with van der Waals surface area (Å²) in [4.78, 5) is 19.6. The lowest BCUT2D eigenvalue weighted by molar-refractivity contribution is 0.0709. The maximum Gasteiger partial charge on any atom is 0.254 e. The second-order valence-corrected chi connectivity index (χ2v) is 7.10. The predicted octanol–water partition coefficient (Wildman–Crippen LogP) is 2.96. The van der Waals surface area contributed by atoms with E-state index in [1.807, 2.05) is 4.90 Å². The molecule has 8 nitrogen and oxygen atoms in total. The van der Waals surface area contributed by atoms with Crippen molar-refractivity contribution in [1.29, 1.82) is 0 Å². The van der Waals surface area contributed by atoms with E-state index in [1.54, 1.807) is 32.4 Å². The number of methoxy groups -OCH3 is 2. The number of nitrogens with zero attached hydrogens (tertiary/aromatic N) is 3. The number of hydrogen-bond acceptors (Lipinski definition) is 7. The van der Waals surface area contributed by atoms with E-state index >= 15 is 0 Å². The minimum Gasteiger partial charge on any atom is -0.493 e. The summed E-state index contributed by atoms with van der Waals surface area (Å²) in [6, 6.07) is 5.01. The average Bonchev–Trinajstić information content (AvgIpc) is 3.42. The molecule has 1 unspecified atom stereocenters. The van der Waals surface area contributed by atoms with Gasteiger partial charge >= 0.3 is 0 Å². The van der Waals surface area contributed by atoms with E-state index < -0.39 is 0 Å². The Labute approximate surface area is 163 Å². The molecule has 2 saturated heterocycles. The Morgan fingerprint density at radius 1 is 1.14 bits per heavy atom. The molecule has 28 heavy (non-hydrogen) atoms. The van der Waals surface area contributed by atoms with Crippen LogP contribution in [-0.2, 0) is 4.74 Å². The van der Waals surface area contributed by atoms with Crippen LogP contribution in [0, 0.1) is 0 Å². The molecule has 1 atom stereocenters. The summed E-state index contributed by atoms with van der Waals surface area (Å²) in [6.45, 7) is 2.11. The van der Waals surface area contributed by atoms with E-state index in [-0.39, 0.29) is 17.9 Å². The van der Waals surface area contributed by atoms with E-state index in [4.69, 9.17) is 18.7 Å². The van der Waals surface area contributed by atoms with Crippen LogP contribution >= 0.6 is 0 Å². The first-order chi connectivity index (χ1) is 13.7. The number of hydrogen-bond donors (Lipinski definition) is 0. The van der Waals surface area contributed by atoms with Crippen molar-refractivity contribution in [3.05, 3.63) is 35.5 Å². The van der Waals surface area contributed by atoms with Gasteiger partial charge in [0.2, 0.25) is 5.89 Å². The highest BCUT2D eigenvalue weighted by Crippen LogP contribution is 2.35. The zero-order chi connectivity index (χ0) is 19.5. The van der Waals surface area contributed by atoms with Crippen LogP contribution in [0.25, 0.3) is 0 Å². The topological polar surface area (TPSA) is 86.9 Å². The van der Waals surface area contributed by atoms with Gasteiger partial charge in [0.1, 0.15) is 6.04 Å². The number of ether oxygens (including phenoxy) is 3. The molecule has 0 saturated carbocycles. The zero-order valence-corrected chi connectivity index (χ0v) is 16.2. The fraction of sp³-hybridized carbons (Fsp3) is 0.550. The number of likely N-dealkylation sites (tertiary alicyclic amines) is 1. The molecule has 0 bridgehead atoms. The van der Waals surface area contributed by atoms with Crippen molar-refractivity contribution in [1.82, 2.24) is 15.0 Å². The van der Waals surface area contributed by atoms with Gasteiger partial charge in [-0.3, -0.25) is 4.79 Å². The lowest BCUT2D eigenvalue weighted by Gasteiger charge is -2.22. The third-order valence-corrected chi connectivity index (χ3v) is 5.47. The summed E-state index contributed by atoms with van der Waals surface area (Å²) < 4.78 is 21.5. The van der Waals surface area contributed by atoms with Crippen LogP contribution in [0.5, 0.6) is 11.5 Å². The van der Waals surface area contributed by atoms with Gasteiger partial charge in [-0.1, -0.05) is 5.16 Å². The number of amides is 1. The van der Waals surface area contributed by atoms with Gasteiger partial charge in [0.25, 0.3) is 5.91 Å². The first kappa shape index (κ1) is 18.7. The van der Waals surface area contributed by atoms with Gasteiger partial charge in [-0.05, 0) is 43.9 Å². The Morgan fingerprint density at radius 2 is 1.93 bits per heavy atom. The van der Waals surface area contributed by atoms with Crippen LogP contribution in [0.1, 0.15) is 59.7 Å². The fourth-order valence-corrected chi connectivity index (χ4v) is 3.91. The molecule has 2 aromatic rings. The van der Waals surface area contributed by atoms with Crippen molar-refractivity contribution >= 4 is 5.91 Å². The van der Waals surface area contributed by atoms with Crippen LogP contribution in [-0.4, -0.2) is 54.9 Å². The minimum atomic E-state index is -0.193. The van der Waals surface area contributed by atoms with Crippen LogP contribution in [0.4, 0.5) is 0 Å². The normalized spacial score (nSPS) is 20.4. The lowest BCUT2D eigenvalue weighted by atomic mass is 10.00. The molecule has 1 aromatic carbocycles. The molecule has 150 valence electrons. The van der Waals surface area contributed by atoms with Gasteiger partial charge in [0.15, 0.2) is 17.3 Å². The number of benzene rings is 1. The van der Waals surface area contributed by atoms with Crippen molar-refractivity contribution in [3.8, 4) is 11.5 Å². The summed E-state index contributed by atoms with van der Waals surface area (Å²) >= 11 is 0. The van der Waals surface area contributed by atoms with Crippen molar-refractivity contribution in [3.63, 3.8) is 0 Å². The SMILES string of the molecule is COc1ccc(C(=O)N2CCCC2c2nc(C3CCOCC3)no2)cc1OC. The third kappa shape index (κ3) is 3.56. The molecular formula is C20H25N3O5. The first-order valence-corrected chi connectivity index (χ1v) is 9.65. The van der Waals surface area contributed by atoms with Gasteiger partial charge in [-0.2, -0.15) is 4.98 Å². The smallest absolute Gasteiger partial charge is 0.254 e. The van der Waals surface area contributed by atoms with Crippen molar-refractivity contribution in [2.45, 2.75) is 37.6 Å². The van der Waals surface area contributed by atoms with E-state index in [1.165, 1.54) is 0 Å². The Hall–Kier alpha value is -2.61. The van der Waals surface area contributed by atoms with Crippen LogP contribution < -0.4 is 9.47 Å². The molecule has 1 amide bonds. The maximum atomic E-state index is 13.1. The second kappa shape index (κ2) is 8.18. The van der Waals surface area contributed by atoms with E-state index in [0.717, 1.165) is 44.7 Å². The van der Waals surface area contributed by atoms with E-state index in [0.29, 0.717) is 29.5 Å². The quantitative estimate of drug-likeness (QED) is 0.779. The summed E-state index contributed by atoms with van der Waals surface area (Å²) in [6.07, 6.45) is 3.52. The van der Waals surface area contributed by atoms with Gasteiger partial charge in [-0.25, -0.2) is 0 Å². The molecule has 3 heterocycles. The Kier molecular flexibility index (Phi) is 5.47. The Balaban J connectivity index is 1.53. The maximum absolute atomic E-state index is 13.1. The monoisotopic (exact) mass is 387 g/mol. The van der Waals surface area contributed by atoms with Gasteiger partial charge in [0, 0.05) is 31.2 Å². The van der Waals surface area contributed by atoms with E-state index in [9.17, 15) is 4.79 Å². The van der Waals surface area contributed by atoms with Crippen molar-refractivity contribution < 1.29 is 23.5 Å². The van der Waals surface area contributed by atoms with Crippen molar-refractivity contribution in [2.75, 3.05) is 34.0 Å². The molecule has 0 spiro atoms. The highest BCUT2D eigenvalue weighted by Gasteiger charge is 2.35. The molecule has 1 aromatic heterocycles. The Bertz CT molecular complexity index is 831. The Morgan fingerprint density at radius 3 is 2.68 bits per heavy atom. The van der Waals surface area contributed by atoms with E-state index in [2.05, 4.69) is 10.1 Å². The highest BCUT2D eigenvalue weighted by atomic mass is 16.5. The van der Waals surface area contributed by atoms with Gasteiger partial charge in [0.05, 0.1) is 14.2 Å².